The molecule has 20 nitrogen and oxygen atoms in total. The van der Waals surface area contributed by atoms with E-state index in [0.717, 1.165) is 100 Å². The van der Waals surface area contributed by atoms with E-state index in [1.807, 2.05) is 29.8 Å². The molecule has 0 radical (unpaired) electrons. The first-order valence-electron chi connectivity index (χ1n) is 38.3. The molecule has 108 heavy (non-hydrogen) atoms. The van der Waals surface area contributed by atoms with Gasteiger partial charge in [0.15, 0.2) is 11.5 Å². The Kier molecular flexibility index (Phi) is 27.2. The minimum absolute atomic E-state index is 0.109. The number of carbonyl (C=O) groups excluding carboxylic acids is 2. The normalized spacial score (nSPS) is 17.0. The van der Waals surface area contributed by atoms with Gasteiger partial charge in [-0.05, 0) is 182 Å². The SMILES string of the molecule is Cc1nn(-c2ccc(C(=O)N(C)C)c(NCCCOCCOCCOCCOCCOCCCNCc3ccc(C4=C(/C=C/C5=[N+](CCCCS(=O)(=O)O)c6ccc7ccccc7c6C5(C)C)CCC/C4=C\C=C4\N(CCCCS(=O)(=O)O)c5ccc6ccccc6c5C4(C)C)cc3)c2)c2c1C(=O)CC(C)(C)C2. The Balaban J connectivity index is 0.650. The van der Waals surface area contributed by atoms with E-state index in [9.17, 15) is 35.5 Å². The van der Waals surface area contributed by atoms with Gasteiger partial charge in [0.2, 0.25) is 5.69 Å². The molecule has 2 aliphatic carbocycles. The number of ether oxygens (including phenoxy) is 5. The van der Waals surface area contributed by atoms with Gasteiger partial charge in [-0.1, -0.05) is 119 Å². The van der Waals surface area contributed by atoms with Gasteiger partial charge in [0.25, 0.3) is 26.1 Å². The summed E-state index contributed by atoms with van der Waals surface area (Å²) in [5, 5.41) is 16.5. The van der Waals surface area contributed by atoms with E-state index in [-0.39, 0.29) is 28.6 Å². The molecule has 6 aromatic carbocycles. The van der Waals surface area contributed by atoms with Crippen LogP contribution in [-0.2, 0) is 67.7 Å². The molecule has 1 amide bonds. The number of carbonyl (C=O) groups is 2. The molecule has 2 aliphatic heterocycles. The Bertz CT molecular complexity index is 4780. The Morgan fingerprint density at radius 1 is 0.648 bits per heavy atom. The number of anilines is 2. The van der Waals surface area contributed by atoms with Gasteiger partial charge in [-0.25, -0.2) is 4.68 Å². The zero-order valence-corrected chi connectivity index (χ0v) is 66.1. The van der Waals surface area contributed by atoms with Gasteiger partial charge < -0.3 is 44.1 Å². The average molecular weight is 1510 g/mol. The number of Topliss-reactive ketones (excluding diaryl/α,β-unsaturated/α-hetero) is 1. The van der Waals surface area contributed by atoms with E-state index in [1.165, 1.54) is 38.6 Å². The third kappa shape index (κ3) is 20.1. The largest absolute Gasteiger partial charge is 0.384 e. The van der Waals surface area contributed by atoms with E-state index in [0.29, 0.717) is 148 Å². The third-order valence-electron chi connectivity index (χ3n) is 21.1. The molecule has 22 heteroatoms. The summed E-state index contributed by atoms with van der Waals surface area (Å²) in [7, 11) is -4.74. The lowest BCUT2D eigenvalue weighted by atomic mass is 9.75. The third-order valence-corrected chi connectivity index (χ3v) is 22.7. The number of aromatic nitrogens is 2. The number of hydrogen-bond donors (Lipinski definition) is 4. The Labute approximate surface area is 638 Å². The smallest absolute Gasteiger partial charge is 0.264 e. The fraction of sp³-hybridized carbons (Fsp3) is 0.465. The number of nitrogens with zero attached hydrogens (tertiary/aromatic N) is 5. The first-order valence-corrected chi connectivity index (χ1v) is 41.5. The summed E-state index contributed by atoms with van der Waals surface area (Å²) in [6.45, 7) is 23.2. The number of ketones is 1. The summed E-state index contributed by atoms with van der Waals surface area (Å²) in [5.74, 6) is -0.567. The van der Waals surface area contributed by atoms with Crippen molar-refractivity contribution in [1.29, 1.82) is 0 Å². The standard InChI is InChI=1S/C86H109N7O13S2/c1-61-79-75(58-84(2,3)59-76(79)94)93(89-61)68-35-36-71(83(95)90(8)9)72(57-68)88-42-20-46-103-48-50-105-52-54-106-53-51-104-49-47-102-45-19-41-87-60-62-27-29-67(30-28-62)80-65(33-39-77-85(4,5)81-69-25-12-10-21-63(69)31-37-73(81)91(77)43-14-16-55-107(96,97)98)23-18-24-66(80)34-40-78-86(6,7)82-70-26-13-11-22-64(70)32-38-74(82)92(78)44-15-17-56-108(99,100)101/h10-13,21-22,25-40,57,87H,14-20,23-24,41-56,58-60H2,1-9H3,(H2-,88,95,96,97,98,99,100,101)/p+1. The molecule has 4 aliphatic rings. The molecule has 0 spiro atoms. The molecule has 0 fully saturated rings. The topological polar surface area (TPSA) is 240 Å². The van der Waals surface area contributed by atoms with Crippen LogP contribution in [0.25, 0.3) is 32.8 Å². The second kappa shape index (κ2) is 36.2. The van der Waals surface area contributed by atoms with Crippen LogP contribution in [0, 0.1) is 12.3 Å². The van der Waals surface area contributed by atoms with Crippen LogP contribution >= 0.6 is 0 Å². The number of aryl methyl sites for hydroxylation is 1. The van der Waals surface area contributed by atoms with Crippen molar-refractivity contribution in [3.63, 3.8) is 0 Å². The first-order chi connectivity index (χ1) is 51.7. The molecule has 3 heterocycles. The molecule has 0 atom stereocenters. The predicted octanol–water partition coefficient (Wildman–Crippen LogP) is 14.9. The highest BCUT2D eigenvalue weighted by molar-refractivity contribution is 7.86. The number of hydrogen-bond acceptors (Lipinski definition) is 15. The van der Waals surface area contributed by atoms with Gasteiger partial charge in [-0.3, -0.25) is 18.7 Å². The molecule has 0 saturated carbocycles. The van der Waals surface area contributed by atoms with E-state index in [2.05, 4.69) is 183 Å². The van der Waals surface area contributed by atoms with Crippen molar-refractivity contribution in [1.82, 2.24) is 20.0 Å². The second-order valence-electron chi connectivity index (χ2n) is 30.9. The van der Waals surface area contributed by atoms with Crippen molar-refractivity contribution >= 4 is 81.8 Å². The van der Waals surface area contributed by atoms with Gasteiger partial charge in [-0.15, -0.1) is 0 Å². The molecule has 4 N–H and O–H groups in total. The highest BCUT2D eigenvalue weighted by atomic mass is 32.2. The van der Waals surface area contributed by atoms with Crippen LogP contribution in [0.5, 0.6) is 0 Å². The summed E-state index contributed by atoms with van der Waals surface area (Å²) in [6, 6.07) is 40.2. The number of rotatable bonds is 39. The van der Waals surface area contributed by atoms with E-state index in [1.54, 1.807) is 19.0 Å². The Morgan fingerprint density at radius 2 is 1.25 bits per heavy atom. The van der Waals surface area contributed by atoms with Gasteiger partial charge >= 0.3 is 0 Å². The zero-order chi connectivity index (χ0) is 76.8. The molecular formula is C86H110N7O13S2+. The summed E-state index contributed by atoms with van der Waals surface area (Å²) in [6.07, 6.45) is 16.4. The maximum atomic E-state index is 13.2. The lowest BCUT2D eigenvalue weighted by Gasteiger charge is -2.29. The van der Waals surface area contributed by atoms with Crippen molar-refractivity contribution in [2.45, 2.75) is 136 Å². The van der Waals surface area contributed by atoms with E-state index < -0.39 is 31.1 Å². The number of benzene rings is 6. The van der Waals surface area contributed by atoms with Crippen LogP contribution in [0.2, 0.25) is 0 Å². The maximum Gasteiger partial charge on any atom is 0.264 e. The summed E-state index contributed by atoms with van der Waals surface area (Å²) in [4.78, 5) is 30.2. The molecule has 0 saturated heterocycles. The quantitative estimate of drug-likeness (QED) is 0.0159. The highest BCUT2D eigenvalue weighted by Crippen LogP contribution is 2.52. The van der Waals surface area contributed by atoms with E-state index in [4.69, 9.17) is 28.8 Å². The molecule has 7 aromatic rings. The van der Waals surface area contributed by atoms with Gasteiger partial charge in [-0.2, -0.15) is 26.5 Å². The number of unbranched alkanes of at least 4 members (excludes halogenated alkanes) is 2. The predicted molar refractivity (Wildman–Crippen MR) is 431 cm³/mol. The second-order valence-corrected chi connectivity index (χ2v) is 34.0. The minimum Gasteiger partial charge on any atom is -0.384 e. The summed E-state index contributed by atoms with van der Waals surface area (Å²) < 4.78 is 100.0. The molecule has 578 valence electrons. The number of fused-ring (bicyclic) bond motifs is 7. The van der Waals surface area contributed by atoms with Gasteiger partial charge in [0.1, 0.15) is 6.54 Å². The number of allylic oxidation sites excluding steroid dienone is 8. The molecular weight excluding hydrogens is 1400 g/mol. The average Bonchev–Trinajstić information content (AvgIpc) is 1.58. The lowest BCUT2D eigenvalue weighted by Crippen LogP contribution is -2.28. The first kappa shape index (κ1) is 81.0. The Hall–Kier alpha value is -8.00. The Morgan fingerprint density at radius 3 is 1.89 bits per heavy atom. The van der Waals surface area contributed by atoms with Gasteiger partial charge in [0.05, 0.1) is 98.0 Å². The van der Waals surface area contributed by atoms with Crippen molar-refractivity contribution in [3.05, 3.63) is 201 Å². The van der Waals surface area contributed by atoms with Crippen LogP contribution in [0.15, 0.2) is 156 Å². The van der Waals surface area contributed by atoms with Crippen molar-refractivity contribution in [3.8, 4) is 5.69 Å². The lowest BCUT2D eigenvalue weighted by molar-refractivity contribution is -0.438. The molecule has 0 unspecified atom stereocenters. The minimum atomic E-state index is -4.10. The summed E-state index contributed by atoms with van der Waals surface area (Å²) in [5.41, 5.74) is 16.2. The van der Waals surface area contributed by atoms with Gasteiger partial charge in [0, 0.05) is 100.0 Å². The number of amides is 1. The fourth-order valence-electron chi connectivity index (χ4n) is 15.9. The van der Waals surface area contributed by atoms with Crippen LogP contribution in [0.1, 0.15) is 160 Å². The number of nitrogens with one attached hydrogen (secondary N) is 2. The summed E-state index contributed by atoms with van der Waals surface area (Å²) >= 11 is 0. The fourth-order valence-corrected chi connectivity index (χ4v) is 17.1. The molecule has 0 bridgehead atoms. The van der Waals surface area contributed by atoms with E-state index >= 15 is 0 Å². The van der Waals surface area contributed by atoms with Crippen LogP contribution in [0.3, 0.4) is 0 Å². The monoisotopic (exact) mass is 1510 g/mol. The molecule has 11 rings (SSSR count). The van der Waals surface area contributed by atoms with Crippen LogP contribution in [0.4, 0.5) is 17.1 Å². The maximum absolute atomic E-state index is 13.2. The zero-order valence-electron chi connectivity index (χ0n) is 64.5. The molecule has 1 aromatic heterocycles. The highest BCUT2D eigenvalue weighted by Gasteiger charge is 2.46. The van der Waals surface area contributed by atoms with Crippen LogP contribution in [-0.4, -0.2) is 180 Å². The van der Waals surface area contributed by atoms with Crippen molar-refractivity contribution < 1.29 is 63.8 Å². The van der Waals surface area contributed by atoms with Crippen molar-refractivity contribution in [2.24, 2.45) is 5.41 Å². The van der Waals surface area contributed by atoms with Crippen molar-refractivity contribution in [2.75, 3.05) is 128 Å². The van der Waals surface area contributed by atoms with Crippen LogP contribution < -0.4 is 15.5 Å².